The molecule has 1 unspecified atom stereocenters. The number of hydrogen-bond donors (Lipinski definition) is 1. The van der Waals surface area contributed by atoms with Gasteiger partial charge in [-0.3, -0.25) is 4.79 Å². The topological polar surface area (TPSA) is 119 Å². The first-order valence-corrected chi connectivity index (χ1v) is 11.9. The van der Waals surface area contributed by atoms with Crippen LogP contribution in [0.3, 0.4) is 0 Å². The van der Waals surface area contributed by atoms with Gasteiger partial charge in [0, 0.05) is 13.2 Å². The maximum absolute atomic E-state index is 12.7. The Morgan fingerprint density at radius 1 is 1.32 bits per heavy atom. The molecule has 2 rings (SSSR count). The van der Waals surface area contributed by atoms with Crippen LogP contribution >= 0.6 is 0 Å². The molecule has 1 aliphatic heterocycles. The number of hydrogen-bond acceptors (Lipinski definition) is 7. The summed E-state index contributed by atoms with van der Waals surface area (Å²) in [6.45, 7) is 5.82. The maximum atomic E-state index is 12.7. The predicted octanol–water partition coefficient (Wildman–Crippen LogP) is 1.10. The lowest BCUT2D eigenvalue weighted by atomic mass is 10.2. The molecule has 28 heavy (non-hydrogen) atoms. The second-order valence-electron chi connectivity index (χ2n) is 6.79. The molecule has 1 aromatic rings. The minimum Gasteiger partial charge on any atom is -0.495 e. The third-order valence-electron chi connectivity index (χ3n) is 4.10. The first kappa shape index (κ1) is 22.6. The Balaban J connectivity index is 2.29. The Hall–Kier alpha value is -1.69. The Morgan fingerprint density at radius 3 is 2.54 bits per heavy atom. The Kier molecular flexibility index (Phi) is 7.07. The summed E-state index contributed by atoms with van der Waals surface area (Å²) >= 11 is 0. The third-order valence-corrected chi connectivity index (χ3v) is 7.45. The van der Waals surface area contributed by atoms with Crippen LogP contribution in [-0.2, 0) is 29.6 Å². The summed E-state index contributed by atoms with van der Waals surface area (Å²) in [5, 5.41) is 0. The molecule has 1 heterocycles. The number of benzene rings is 1. The van der Waals surface area contributed by atoms with Crippen LogP contribution in [0, 0.1) is 5.92 Å². The van der Waals surface area contributed by atoms with Gasteiger partial charge >= 0.3 is 0 Å². The highest BCUT2D eigenvalue weighted by Crippen LogP contribution is 2.33. The minimum atomic E-state index is -3.99. The zero-order valence-electron chi connectivity index (χ0n) is 16.3. The number of sulfonamides is 2. The monoisotopic (exact) mass is 434 g/mol. The standard InChI is InChI=1S/C17H26N2O7S2/c1-12(2)26-9-5-8-18-28(23,24)16-10-14(6-7-15(16)25-4)19-17(20)13(3)11-27(19,21)22/h6-7,10,12-13,18H,5,8-9,11H2,1-4H3. The van der Waals surface area contributed by atoms with Gasteiger partial charge in [0.25, 0.3) is 0 Å². The van der Waals surface area contributed by atoms with Crippen molar-refractivity contribution in [2.24, 2.45) is 5.92 Å². The lowest BCUT2D eigenvalue weighted by Gasteiger charge is -2.18. The van der Waals surface area contributed by atoms with E-state index in [2.05, 4.69) is 4.72 Å². The van der Waals surface area contributed by atoms with Crippen LogP contribution in [0.2, 0.25) is 0 Å². The van der Waals surface area contributed by atoms with Crippen molar-refractivity contribution >= 4 is 31.6 Å². The average Bonchev–Trinajstić information content (AvgIpc) is 2.80. The first-order chi connectivity index (χ1) is 13.0. The van der Waals surface area contributed by atoms with Gasteiger partial charge in [0.15, 0.2) is 0 Å². The van der Waals surface area contributed by atoms with Crippen molar-refractivity contribution in [3.8, 4) is 5.75 Å². The SMILES string of the molecule is COc1ccc(N2C(=O)C(C)CS2(=O)=O)cc1S(=O)(=O)NCCCOC(C)C. The Labute approximate surface area is 166 Å². The molecule has 0 aliphatic carbocycles. The van der Waals surface area contributed by atoms with E-state index in [0.29, 0.717) is 17.3 Å². The zero-order valence-corrected chi connectivity index (χ0v) is 18.0. The predicted molar refractivity (Wildman–Crippen MR) is 104 cm³/mol. The van der Waals surface area contributed by atoms with Gasteiger partial charge in [0.2, 0.25) is 26.0 Å². The van der Waals surface area contributed by atoms with Gasteiger partial charge in [0.05, 0.1) is 30.6 Å². The summed E-state index contributed by atoms with van der Waals surface area (Å²) < 4.78 is 63.6. The van der Waals surface area contributed by atoms with Crippen molar-refractivity contribution in [3.05, 3.63) is 18.2 Å². The van der Waals surface area contributed by atoms with Crippen molar-refractivity contribution < 1.29 is 31.1 Å². The number of rotatable bonds is 9. The number of carbonyl (C=O) groups excluding carboxylic acids is 1. The number of amides is 1. The number of ether oxygens (including phenoxy) is 2. The lowest BCUT2D eigenvalue weighted by Crippen LogP contribution is -2.31. The Bertz CT molecular complexity index is 927. The van der Waals surface area contributed by atoms with Gasteiger partial charge in [-0.2, -0.15) is 0 Å². The van der Waals surface area contributed by atoms with Crippen LogP contribution in [0.4, 0.5) is 5.69 Å². The van der Waals surface area contributed by atoms with E-state index in [1.54, 1.807) is 0 Å². The first-order valence-electron chi connectivity index (χ1n) is 8.85. The van der Waals surface area contributed by atoms with Crippen molar-refractivity contribution in [2.75, 3.05) is 30.3 Å². The van der Waals surface area contributed by atoms with Crippen molar-refractivity contribution in [3.63, 3.8) is 0 Å². The molecule has 0 saturated carbocycles. The van der Waals surface area contributed by atoms with Gasteiger partial charge in [-0.25, -0.2) is 25.9 Å². The van der Waals surface area contributed by atoms with Crippen molar-refractivity contribution in [2.45, 2.75) is 38.2 Å². The number of nitrogens with zero attached hydrogens (tertiary/aromatic N) is 1. The minimum absolute atomic E-state index is 0.0290. The van der Waals surface area contributed by atoms with E-state index in [-0.39, 0.29) is 34.7 Å². The average molecular weight is 435 g/mol. The number of anilines is 1. The second-order valence-corrected chi connectivity index (χ2v) is 10.4. The zero-order chi connectivity index (χ0) is 21.1. The van der Waals surface area contributed by atoms with E-state index < -0.39 is 31.9 Å². The highest BCUT2D eigenvalue weighted by Gasteiger charge is 2.42. The largest absolute Gasteiger partial charge is 0.495 e. The Morgan fingerprint density at radius 2 is 2.00 bits per heavy atom. The van der Waals surface area contributed by atoms with Gasteiger partial charge in [-0.15, -0.1) is 0 Å². The van der Waals surface area contributed by atoms with Crippen LogP contribution in [-0.4, -0.2) is 54.9 Å². The molecule has 0 radical (unpaired) electrons. The third kappa shape index (κ3) is 5.02. The maximum Gasteiger partial charge on any atom is 0.244 e. The summed E-state index contributed by atoms with van der Waals surface area (Å²) in [4.78, 5) is 12.0. The molecule has 9 nitrogen and oxygen atoms in total. The van der Waals surface area contributed by atoms with Crippen LogP contribution in [0.25, 0.3) is 0 Å². The molecular weight excluding hydrogens is 408 g/mol. The molecule has 0 spiro atoms. The van der Waals surface area contributed by atoms with Gasteiger partial charge in [-0.05, 0) is 38.5 Å². The fourth-order valence-electron chi connectivity index (χ4n) is 2.76. The molecule has 0 bridgehead atoms. The van der Waals surface area contributed by atoms with E-state index in [1.165, 1.54) is 26.2 Å². The van der Waals surface area contributed by atoms with Crippen LogP contribution in [0.15, 0.2) is 23.1 Å². The molecule has 1 N–H and O–H groups in total. The fourth-order valence-corrected chi connectivity index (χ4v) is 5.84. The molecule has 1 aliphatic rings. The van der Waals surface area contributed by atoms with Crippen LogP contribution in [0.5, 0.6) is 5.75 Å². The normalized spacial score (nSPS) is 19.4. The fraction of sp³-hybridized carbons (Fsp3) is 0.588. The highest BCUT2D eigenvalue weighted by atomic mass is 32.2. The van der Waals surface area contributed by atoms with E-state index in [0.717, 1.165) is 6.07 Å². The van der Waals surface area contributed by atoms with E-state index in [4.69, 9.17) is 9.47 Å². The van der Waals surface area contributed by atoms with Gasteiger partial charge < -0.3 is 9.47 Å². The second kappa shape index (κ2) is 8.76. The molecule has 1 atom stereocenters. The van der Waals surface area contributed by atoms with Crippen molar-refractivity contribution in [1.82, 2.24) is 4.72 Å². The highest BCUT2D eigenvalue weighted by molar-refractivity contribution is 7.94. The summed E-state index contributed by atoms with van der Waals surface area (Å²) in [6, 6.07) is 3.82. The number of carbonyl (C=O) groups is 1. The van der Waals surface area contributed by atoms with E-state index in [1.807, 2.05) is 13.8 Å². The number of methoxy groups -OCH3 is 1. The van der Waals surface area contributed by atoms with E-state index in [9.17, 15) is 21.6 Å². The molecule has 0 aromatic heterocycles. The molecule has 1 fully saturated rings. The summed E-state index contributed by atoms with van der Waals surface area (Å²) in [6.07, 6.45) is 0.520. The summed E-state index contributed by atoms with van der Waals surface area (Å²) in [7, 11) is -6.52. The lowest BCUT2D eigenvalue weighted by molar-refractivity contribution is -0.119. The van der Waals surface area contributed by atoms with E-state index >= 15 is 0 Å². The summed E-state index contributed by atoms with van der Waals surface area (Å²) in [5.74, 6) is -1.54. The number of nitrogens with one attached hydrogen (secondary N) is 1. The molecule has 158 valence electrons. The van der Waals surface area contributed by atoms with Crippen LogP contribution < -0.4 is 13.8 Å². The van der Waals surface area contributed by atoms with Gasteiger partial charge in [-0.1, -0.05) is 6.92 Å². The molecule has 11 heteroatoms. The summed E-state index contributed by atoms with van der Waals surface area (Å²) in [5.41, 5.74) is -0.0290. The molecule has 1 saturated heterocycles. The molecule has 1 aromatic carbocycles. The molecular formula is C17H26N2O7S2. The smallest absolute Gasteiger partial charge is 0.244 e. The molecule has 1 amide bonds. The quantitative estimate of drug-likeness (QED) is 0.578. The van der Waals surface area contributed by atoms with Crippen LogP contribution in [0.1, 0.15) is 27.2 Å². The van der Waals surface area contributed by atoms with Gasteiger partial charge in [0.1, 0.15) is 10.6 Å². The van der Waals surface area contributed by atoms with Crippen molar-refractivity contribution in [1.29, 1.82) is 0 Å².